The highest BCUT2D eigenvalue weighted by molar-refractivity contribution is 7.98. The second-order valence-electron chi connectivity index (χ2n) is 4.25. The number of hydrogen-bond donors (Lipinski definition) is 3. The molecule has 0 amide bonds. The van der Waals surface area contributed by atoms with Gasteiger partial charge in [0.05, 0.1) is 5.92 Å². The van der Waals surface area contributed by atoms with Crippen LogP contribution < -0.4 is 11.1 Å². The Morgan fingerprint density at radius 2 is 2.11 bits per heavy atom. The van der Waals surface area contributed by atoms with Gasteiger partial charge in [-0.25, -0.2) is 0 Å². The maximum Gasteiger partial charge on any atom is 0.147 e. The van der Waals surface area contributed by atoms with Crippen LogP contribution in [0.1, 0.15) is 18.4 Å². The number of amidine groups is 1. The first-order valence-corrected chi connectivity index (χ1v) is 7.33. The molecule has 18 heavy (non-hydrogen) atoms. The van der Waals surface area contributed by atoms with Crippen molar-refractivity contribution < 1.29 is 5.21 Å². The van der Waals surface area contributed by atoms with Crippen molar-refractivity contribution in [2.75, 3.05) is 18.6 Å². The molecule has 0 aromatic heterocycles. The lowest BCUT2D eigenvalue weighted by Crippen LogP contribution is -2.37. The lowest BCUT2D eigenvalue weighted by molar-refractivity contribution is 0.315. The first-order valence-electron chi connectivity index (χ1n) is 5.93. The van der Waals surface area contributed by atoms with Crippen molar-refractivity contribution in [3.63, 3.8) is 0 Å². The fraction of sp³-hybridized carbons (Fsp3) is 0.462. The van der Waals surface area contributed by atoms with Crippen LogP contribution in [0.2, 0.25) is 0 Å². The van der Waals surface area contributed by atoms with Gasteiger partial charge in [-0.3, -0.25) is 0 Å². The first kappa shape index (κ1) is 14.9. The molecule has 0 aliphatic heterocycles. The summed E-state index contributed by atoms with van der Waals surface area (Å²) in [5, 5.41) is 15.4. The molecule has 0 bridgehead atoms. The molecule has 1 aromatic carbocycles. The van der Waals surface area contributed by atoms with Crippen molar-refractivity contribution in [1.29, 1.82) is 0 Å². The highest BCUT2D eigenvalue weighted by Gasteiger charge is 2.17. The van der Waals surface area contributed by atoms with Crippen LogP contribution in [0.15, 0.2) is 35.5 Å². The maximum absolute atomic E-state index is 8.87. The zero-order chi connectivity index (χ0) is 13.4. The SMILES string of the molecule is CSCC(C)NCC(/C(N)=N/O)c1ccccc1. The molecule has 0 radical (unpaired) electrons. The van der Waals surface area contributed by atoms with Gasteiger partial charge >= 0.3 is 0 Å². The van der Waals surface area contributed by atoms with Gasteiger partial charge in [-0.1, -0.05) is 35.5 Å². The molecule has 0 saturated heterocycles. The highest BCUT2D eigenvalue weighted by atomic mass is 32.2. The van der Waals surface area contributed by atoms with Crippen LogP contribution in [0.25, 0.3) is 0 Å². The molecule has 0 heterocycles. The molecule has 0 saturated carbocycles. The standard InChI is InChI=1S/C13H21N3OS/c1-10(9-18-2)15-8-12(13(14)16-17)11-6-4-3-5-7-11/h3-7,10,12,15,17H,8-9H2,1-2H3,(H2,14,16). The predicted octanol–water partition coefficient (Wildman–Crippen LogP) is 1.86. The van der Waals surface area contributed by atoms with E-state index in [2.05, 4.69) is 23.7 Å². The number of thioether (sulfide) groups is 1. The Morgan fingerprint density at radius 3 is 2.67 bits per heavy atom. The zero-order valence-corrected chi connectivity index (χ0v) is 11.7. The summed E-state index contributed by atoms with van der Waals surface area (Å²) in [4.78, 5) is 0. The van der Waals surface area contributed by atoms with Crippen LogP contribution in [-0.2, 0) is 0 Å². The van der Waals surface area contributed by atoms with E-state index in [9.17, 15) is 0 Å². The average Bonchev–Trinajstić information content (AvgIpc) is 2.40. The molecule has 2 atom stereocenters. The zero-order valence-electron chi connectivity index (χ0n) is 10.8. The summed E-state index contributed by atoms with van der Waals surface area (Å²) in [5.41, 5.74) is 6.82. The summed E-state index contributed by atoms with van der Waals surface area (Å²) < 4.78 is 0. The summed E-state index contributed by atoms with van der Waals surface area (Å²) in [6.07, 6.45) is 2.08. The smallest absolute Gasteiger partial charge is 0.147 e. The molecule has 1 rings (SSSR count). The monoisotopic (exact) mass is 267 g/mol. The Balaban J connectivity index is 2.69. The van der Waals surface area contributed by atoms with Gasteiger partial charge < -0.3 is 16.3 Å². The minimum atomic E-state index is -0.0968. The number of hydrogen-bond acceptors (Lipinski definition) is 4. The molecular formula is C13H21N3OS. The van der Waals surface area contributed by atoms with Crippen LogP contribution in [-0.4, -0.2) is 35.6 Å². The van der Waals surface area contributed by atoms with E-state index in [4.69, 9.17) is 10.9 Å². The number of nitrogens with two attached hydrogens (primary N) is 1. The Morgan fingerprint density at radius 1 is 1.44 bits per heavy atom. The Hall–Kier alpha value is -1.20. The predicted molar refractivity (Wildman–Crippen MR) is 78.4 cm³/mol. The molecule has 4 N–H and O–H groups in total. The lowest BCUT2D eigenvalue weighted by atomic mass is 9.98. The maximum atomic E-state index is 8.87. The molecule has 0 aliphatic rings. The first-order chi connectivity index (χ1) is 8.69. The van der Waals surface area contributed by atoms with E-state index in [1.54, 1.807) is 11.8 Å². The fourth-order valence-electron chi connectivity index (χ4n) is 1.78. The lowest BCUT2D eigenvalue weighted by Gasteiger charge is -2.19. The quantitative estimate of drug-likeness (QED) is 0.305. The number of nitrogens with zero attached hydrogens (tertiary/aromatic N) is 1. The third kappa shape index (κ3) is 4.58. The Labute approximate surface area is 113 Å². The molecule has 0 aliphatic carbocycles. The molecule has 100 valence electrons. The minimum Gasteiger partial charge on any atom is -0.409 e. The average molecular weight is 267 g/mol. The summed E-state index contributed by atoms with van der Waals surface area (Å²) in [5.74, 6) is 1.18. The van der Waals surface area contributed by atoms with Crippen LogP contribution in [0.5, 0.6) is 0 Å². The van der Waals surface area contributed by atoms with Gasteiger partial charge in [0.25, 0.3) is 0 Å². The van der Waals surface area contributed by atoms with Gasteiger partial charge in [0.1, 0.15) is 5.84 Å². The van der Waals surface area contributed by atoms with Crippen LogP contribution in [0.4, 0.5) is 0 Å². The van der Waals surface area contributed by atoms with E-state index in [0.29, 0.717) is 12.6 Å². The molecule has 5 heteroatoms. The second kappa shape index (κ2) is 8.00. The van der Waals surface area contributed by atoms with Gasteiger partial charge in [0.2, 0.25) is 0 Å². The molecule has 1 aromatic rings. The van der Waals surface area contributed by atoms with E-state index in [1.165, 1.54) is 0 Å². The normalized spacial score (nSPS) is 15.3. The summed E-state index contributed by atoms with van der Waals surface area (Å²) >= 11 is 1.80. The number of rotatable bonds is 7. The number of nitrogens with one attached hydrogen (secondary N) is 1. The molecule has 4 nitrogen and oxygen atoms in total. The largest absolute Gasteiger partial charge is 0.409 e. The topological polar surface area (TPSA) is 70.6 Å². The minimum absolute atomic E-state index is 0.0968. The van der Waals surface area contributed by atoms with Gasteiger partial charge in [0, 0.05) is 18.3 Å². The Bertz CT molecular complexity index is 370. The van der Waals surface area contributed by atoms with Crippen LogP contribution >= 0.6 is 11.8 Å². The van der Waals surface area contributed by atoms with Crippen molar-refractivity contribution in [2.24, 2.45) is 10.9 Å². The van der Waals surface area contributed by atoms with E-state index in [0.717, 1.165) is 11.3 Å². The Kier molecular flexibility index (Phi) is 6.60. The summed E-state index contributed by atoms with van der Waals surface area (Å²) in [7, 11) is 0. The molecule has 0 fully saturated rings. The van der Waals surface area contributed by atoms with Gasteiger partial charge in [0.15, 0.2) is 0 Å². The van der Waals surface area contributed by atoms with Gasteiger partial charge in [-0.05, 0) is 18.7 Å². The van der Waals surface area contributed by atoms with E-state index in [-0.39, 0.29) is 11.8 Å². The van der Waals surface area contributed by atoms with Crippen molar-refractivity contribution in [1.82, 2.24) is 5.32 Å². The van der Waals surface area contributed by atoms with Gasteiger partial charge in [-0.2, -0.15) is 11.8 Å². The molecule has 2 unspecified atom stereocenters. The molecule has 0 spiro atoms. The fourth-order valence-corrected chi connectivity index (χ4v) is 2.39. The van der Waals surface area contributed by atoms with Crippen molar-refractivity contribution >= 4 is 17.6 Å². The van der Waals surface area contributed by atoms with E-state index in [1.807, 2.05) is 30.3 Å². The summed E-state index contributed by atoms with van der Waals surface area (Å²) in [6.45, 7) is 2.80. The number of oxime groups is 1. The third-order valence-corrected chi connectivity index (χ3v) is 3.59. The van der Waals surface area contributed by atoms with Crippen molar-refractivity contribution in [3.05, 3.63) is 35.9 Å². The van der Waals surface area contributed by atoms with Crippen LogP contribution in [0.3, 0.4) is 0 Å². The van der Waals surface area contributed by atoms with Crippen molar-refractivity contribution in [2.45, 2.75) is 18.9 Å². The van der Waals surface area contributed by atoms with E-state index < -0.39 is 0 Å². The summed E-state index contributed by atoms with van der Waals surface area (Å²) in [6, 6.07) is 10.2. The van der Waals surface area contributed by atoms with Crippen LogP contribution in [0, 0.1) is 0 Å². The number of benzene rings is 1. The van der Waals surface area contributed by atoms with Gasteiger partial charge in [-0.15, -0.1) is 0 Å². The third-order valence-electron chi connectivity index (χ3n) is 2.76. The van der Waals surface area contributed by atoms with E-state index >= 15 is 0 Å². The highest BCUT2D eigenvalue weighted by Crippen LogP contribution is 2.15. The molecular weight excluding hydrogens is 246 g/mol. The van der Waals surface area contributed by atoms with Crippen molar-refractivity contribution in [3.8, 4) is 0 Å². The second-order valence-corrected chi connectivity index (χ2v) is 5.16.